The van der Waals surface area contributed by atoms with Crippen molar-refractivity contribution in [3.63, 3.8) is 0 Å². The van der Waals surface area contributed by atoms with E-state index in [2.05, 4.69) is 31.2 Å². The van der Waals surface area contributed by atoms with E-state index in [1.807, 2.05) is 48.5 Å². The fourth-order valence-electron chi connectivity index (χ4n) is 5.73. The molecule has 4 atom stereocenters. The lowest BCUT2D eigenvalue weighted by atomic mass is 10.0. The zero-order chi connectivity index (χ0) is 35.3. The number of carboxylic acids is 1. The molecule has 0 spiro atoms. The quantitative estimate of drug-likeness (QED) is 0.0379. The molecule has 262 valence electrons. The van der Waals surface area contributed by atoms with Gasteiger partial charge in [-0.3, -0.25) is 19.8 Å². The van der Waals surface area contributed by atoms with Gasteiger partial charge in [-0.25, -0.2) is 4.79 Å². The first-order valence-corrected chi connectivity index (χ1v) is 16.3. The fraction of sp³-hybridized carbons (Fsp3) is 0.382. The van der Waals surface area contributed by atoms with Crippen LogP contribution in [0.25, 0.3) is 21.8 Å². The molecule has 0 saturated heterocycles. The molecule has 4 rings (SSSR count). The number of nitrogens with one attached hydrogen (secondary N) is 7. The second-order valence-electron chi connectivity index (χ2n) is 12.0. The number of hydrogen-bond acceptors (Lipinski definition) is 7. The van der Waals surface area contributed by atoms with Crippen molar-refractivity contribution in [2.45, 2.75) is 69.1 Å². The van der Waals surface area contributed by atoms with Crippen molar-refractivity contribution in [3.05, 3.63) is 72.1 Å². The number of unbranched alkanes of at least 4 members (excludes halogenated alkanes) is 1. The smallest absolute Gasteiger partial charge is 0.326 e. The number of aromatic amines is 2. The molecule has 2 aromatic heterocycles. The summed E-state index contributed by atoms with van der Waals surface area (Å²) in [6, 6.07) is 10.7. The molecule has 0 bridgehead atoms. The van der Waals surface area contributed by atoms with Crippen molar-refractivity contribution >= 4 is 51.5 Å². The van der Waals surface area contributed by atoms with Gasteiger partial charge >= 0.3 is 5.97 Å². The Labute approximate surface area is 283 Å². The van der Waals surface area contributed by atoms with E-state index in [1.54, 1.807) is 12.4 Å². The van der Waals surface area contributed by atoms with Crippen molar-refractivity contribution < 1.29 is 24.3 Å². The highest BCUT2D eigenvalue weighted by molar-refractivity contribution is 5.95. The van der Waals surface area contributed by atoms with Gasteiger partial charge in [-0.1, -0.05) is 36.4 Å². The summed E-state index contributed by atoms with van der Waals surface area (Å²) in [6.45, 7) is 0.652. The van der Waals surface area contributed by atoms with Gasteiger partial charge in [0, 0.05) is 47.2 Å². The first-order valence-electron chi connectivity index (χ1n) is 16.3. The number of aliphatic carboxylic acids is 1. The molecule has 0 aliphatic rings. The lowest BCUT2D eigenvalue weighted by Gasteiger charge is -2.25. The average Bonchev–Trinajstić information content (AvgIpc) is 3.68. The van der Waals surface area contributed by atoms with Gasteiger partial charge in [-0.2, -0.15) is 0 Å². The van der Waals surface area contributed by atoms with Crippen LogP contribution in [-0.4, -0.2) is 82.0 Å². The third-order valence-electron chi connectivity index (χ3n) is 8.36. The van der Waals surface area contributed by atoms with E-state index in [1.165, 1.54) is 0 Å². The van der Waals surface area contributed by atoms with Crippen LogP contribution >= 0.6 is 0 Å². The monoisotopic (exact) mass is 674 g/mol. The number of carbonyl (C=O) groups is 4. The number of carbonyl (C=O) groups excluding carboxylic acids is 3. The molecular weight excluding hydrogens is 628 g/mol. The molecule has 0 radical (unpaired) electrons. The minimum absolute atomic E-state index is 0.0450. The number of amides is 3. The highest BCUT2D eigenvalue weighted by atomic mass is 16.4. The largest absolute Gasteiger partial charge is 0.480 e. The number of para-hydroxylation sites is 2. The van der Waals surface area contributed by atoms with Crippen molar-refractivity contribution in [3.8, 4) is 0 Å². The van der Waals surface area contributed by atoms with Gasteiger partial charge in [0.15, 0.2) is 5.96 Å². The Bertz CT molecular complexity index is 1750. The first kappa shape index (κ1) is 36.4. The molecule has 2 aromatic carbocycles. The Morgan fingerprint density at radius 3 is 1.86 bits per heavy atom. The number of aromatic nitrogens is 2. The minimum atomic E-state index is -1.20. The van der Waals surface area contributed by atoms with E-state index in [-0.39, 0.29) is 38.2 Å². The molecule has 0 fully saturated rings. The molecular formula is C34H46N10O5. The molecule has 0 aliphatic heterocycles. The number of nitrogens with two attached hydrogens (primary N) is 3. The summed E-state index contributed by atoms with van der Waals surface area (Å²) in [5, 5.41) is 29.8. The van der Waals surface area contributed by atoms with Crippen LogP contribution in [0.1, 0.15) is 43.2 Å². The maximum Gasteiger partial charge on any atom is 0.326 e. The van der Waals surface area contributed by atoms with Crippen LogP contribution in [0, 0.1) is 5.41 Å². The van der Waals surface area contributed by atoms with E-state index in [0.29, 0.717) is 25.8 Å². The summed E-state index contributed by atoms with van der Waals surface area (Å²) in [4.78, 5) is 59.3. The maximum atomic E-state index is 13.9. The Morgan fingerprint density at radius 2 is 1.27 bits per heavy atom. The number of carboxylic acid groups (broad SMARTS) is 1. The maximum absolute atomic E-state index is 13.9. The summed E-state index contributed by atoms with van der Waals surface area (Å²) in [5.74, 6) is -3.33. The normalized spacial score (nSPS) is 13.7. The van der Waals surface area contributed by atoms with Crippen molar-refractivity contribution in [2.75, 3.05) is 13.1 Å². The Morgan fingerprint density at radius 1 is 0.735 bits per heavy atom. The Kier molecular flexibility index (Phi) is 13.1. The zero-order valence-corrected chi connectivity index (χ0v) is 27.3. The summed E-state index contributed by atoms with van der Waals surface area (Å²) < 4.78 is 0. The number of hydrogen-bond donors (Lipinski definition) is 11. The van der Waals surface area contributed by atoms with Crippen LogP contribution in [0.4, 0.5) is 0 Å². The molecule has 0 saturated carbocycles. The van der Waals surface area contributed by atoms with Crippen molar-refractivity contribution in [1.29, 1.82) is 5.41 Å². The lowest BCUT2D eigenvalue weighted by molar-refractivity contribution is -0.142. The predicted molar refractivity (Wildman–Crippen MR) is 187 cm³/mol. The highest BCUT2D eigenvalue weighted by Gasteiger charge is 2.31. The minimum Gasteiger partial charge on any atom is -0.480 e. The fourth-order valence-corrected chi connectivity index (χ4v) is 5.73. The Balaban J connectivity index is 1.53. The highest BCUT2D eigenvalue weighted by Crippen LogP contribution is 2.20. The summed E-state index contributed by atoms with van der Waals surface area (Å²) >= 11 is 0. The molecule has 14 N–H and O–H groups in total. The van der Waals surface area contributed by atoms with Gasteiger partial charge in [0.2, 0.25) is 17.7 Å². The van der Waals surface area contributed by atoms with Crippen LogP contribution in [0.2, 0.25) is 0 Å². The summed E-state index contributed by atoms with van der Waals surface area (Å²) in [7, 11) is 0. The number of fused-ring (bicyclic) bond motifs is 2. The van der Waals surface area contributed by atoms with Gasteiger partial charge in [-0.05, 0) is 68.3 Å². The summed E-state index contributed by atoms with van der Waals surface area (Å²) in [6.07, 6.45) is 5.53. The third kappa shape index (κ3) is 10.3. The van der Waals surface area contributed by atoms with Gasteiger partial charge in [-0.15, -0.1) is 0 Å². The van der Waals surface area contributed by atoms with Gasteiger partial charge in [0.1, 0.15) is 18.1 Å². The number of H-pyrrole nitrogens is 2. The van der Waals surface area contributed by atoms with Crippen LogP contribution in [0.5, 0.6) is 0 Å². The van der Waals surface area contributed by atoms with Gasteiger partial charge in [0.05, 0.1) is 6.04 Å². The second-order valence-corrected chi connectivity index (χ2v) is 12.0. The van der Waals surface area contributed by atoms with E-state index >= 15 is 0 Å². The molecule has 0 aliphatic carbocycles. The molecule has 2 heterocycles. The summed E-state index contributed by atoms with van der Waals surface area (Å²) in [5.41, 5.74) is 20.6. The van der Waals surface area contributed by atoms with Crippen LogP contribution in [0.3, 0.4) is 0 Å². The Hall–Kier alpha value is -5.41. The topological polar surface area (TPSA) is 270 Å². The van der Waals surface area contributed by atoms with Crippen molar-refractivity contribution in [2.24, 2.45) is 17.2 Å². The zero-order valence-electron chi connectivity index (χ0n) is 27.3. The molecule has 0 unspecified atom stereocenters. The number of rotatable bonds is 19. The SMILES string of the molecule is N=C(N)NCCC[C@@H](NC(=O)[C@@H](N)Cc1c[nH]c2ccccc12)C(=O)N[C@H](Cc1c[nH]c2ccccc12)C(=O)N[C@H](CCCCN)C(=O)O. The van der Waals surface area contributed by atoms with Crippen LogP contribution < -0.4 is 38.5 Å². The van der Waals surface area contributed by atoms with E-state index < -0.39 is 47.9 Å². The van der Waals surface area contributed by atoms with Gasteiger partial charge < -0.3 is 53.5 Å². The van der Waals surface area contributed by atoms with Crippen LogP contribution in [-0.2, 0) is 32.0 Å². The standard InChI is InChI=1S/C34H46N10O5/c35-14-6-5-12-28(33(48)49)43-32(47)29(17-21-19-41-26-11-4-2-9-23(21)26)44-31(46)27(13-7-15-39-34(37)38)42-30(45)24(36)16-20-18-40-25-10-3-1-8-22(20)25/h1-4,8-11,18-19,24,27-29,40-41H,5-7,12-17,35-36H2,(H,42,45)(H,43,47)(H,44,46)(H,48,49)(H4,37,38,39)/t24-,27+,28+,29+/m0/s1. The van der Waals surface area contributed by atoms with Crippen LogP contribution in [0.15, 0.2) is 60.9 Å². The lowest BCUT2D eigenvalue weighted by Crippen LogP contribution is -2.57. The predicted octanol–water partition coefficient (Wildman–Crippen LogP) is 0.693. The van der Waals surface area contributed by atoms with E-state index in [4.69, 9.17) is 22.6 Å². The molecule has 15 nitrogen and oxygen atoms in total. The third-order valence-corrected chi connectivity index (χ3v) is 8.36. The molecule has 3 amide bonds. The van der Waals surface area contributed by atoms with Crippen molar-refractivity contribution in [1.82, 2.24) is 31.2 Å². The average molecular weight is 675 g/mol. The molecule has 49 heavy (non-hydrogen) atoms. The number of guanidine groups is 1. The second kappa shape index (κ2) is 17.7. The van der Waals surface area contributed by atoms with E-state index in [9.17, 15) is 24.3 Å². The van der Waals surface area contributed by atoms with Gasteiger partial charge in [0.25, 0.3) is 0 Å². The number of benzene rings is 2. The molecule has 4 aromatic rings. The molecule has 15 heteroatoms. The van der Waals surface area contributed by atoms with E-state index in [0.717, 1.165) is 32.9 Å². The first-order chi connectivity index (χ1) is 23.6.